The van der Waals surface area contributed by atoms with Crippen molar-refractivity contribution in [1.82, 2.24) is 5.32 Å². The van der Waals surface area contributed by atoms with Crippen molar-refractivity contribution in [2.75, 3.05) is 12.1 Å². The minimum atomic E-state index is 0.334. The Morgan fingerprint density at radius 2 is 1.96 bits per heavy atom. The third kappa shape index (κ3) is 2.33. The van der Waals surface area contributed by atoms with Gasteiger partial charge in [0.25, 0.3) is 0 Å². The second kappa shape index (κ2) is 5.71. The largest absolute Gasteiger partial charge is 0.454 e. The number of ether oxygens (including phenoxy) is 2. The van der Waals surface area contributed by atoms with Crippen molar-refractivity contribution in [2.24, 2.45) is 0 Å². The molecular weight excluding hydrogens is 300 g/mol. The lowest BCUT2D eigenvalue weighted by Gasteiger charge is -2.35. The first-order chi connectivity index (χ1) is 11.9. The highest BCUT2D eigenvalue weighted by atomic mass is 16.7. The molecule has 1 saturated carbocycles. The van der Waals surface area contributed by atoms with Crippen molar-refractivity contribution in [3.8, 4) is 11.5 Å². The van der Waals surface area contributed by atoms with Gasteiger partial charge in [-0.05, 0) is 42.2 Å². The average molecular weight is 322 g/mol. The summed E-state index contributed by atoms with van der Waals surface area (Å²) in [7, 11) is 0. The van der Waals surface area contributed by atoms with E-state index in [9.17, 15) is 0 Å². The van der Waals surface area contributed by atoms with Crippen LogP contribution in [0.25, 0.3) is 0 Å². The monoisotopic (exact) mass is 322 g/mol. The van der Waals surface area contributed by atoms with E-state index < -0.39 is 0 Å². The molecule has 2 aromatic carbocycles. The van der Waals surface area contributed by atoms with E-state index in [1.807, 2.05) is 6.07 Å². The van der Waals surface area contributed by atoms with E-state index in [1.54, 1.807) is 0 Å². The molecule has 3 unspecified atom stereocenters. The molecule has 2 aliphatic heterocycles. The average Bonchev–Trinajstić information content (AvgIpc) is 3.24. The van der Waals surface area contributed by atoms with Crippen LogP contribution in [-0.4, -0.2) is 18.9 Å². The summed E-state index contributed by atoms with van der Waals surface area (Å²) < 4.78 is 10.9. The van der Waals surface area contributed by atoms with Crippen molar-refractivity contribution in [3.05, 3.63) is 53.6 Å². The van der Waals surface area contributed by atoms with Crippen LogP contribution in [-0.2, 0) is 6.54 Å². The predicted octanol–water partition coefficient (Wildman–Crippen LogP) is 3.64. The first-order valence-corrected chi connectivity index (χ1v) is 8.86. The Hall–Kier alpha value is -2.20. The van der Waals surface area contributed by atoms with Gasteiger partial charge < -0.3 is 20.1 Å². The van der Waals surface area contributed by atoms with Crippen molar-refractivity contribution >= 4 is 5.69 Å². The second-order valence-electron chi connectivity index (χ2n) is 6.97. The normalized spacial score (nSPS) is 26.6. The Morgan fingerprint density at radius 1 is 1.04 bits per heavy atom. The van der Waals surface area contributed by atoms with E-state index in [4.69, 9.17) is 9.47 Å². The van der Waals surface area contributed by atoms with E-state index in [-0.39, 0.29) is 0 Å². The lowest BCUT2D eigenvalue weighted by atomic mass is 9.79. The number of fused-ring (bicyclic) bond motifs is 4. The molecular formula is C20H22N2O2. The summed E-state index contributed by atoms with van der Waals surface area (Å²) in [5, 5.41) is 7.53. The smallest absolute Gasteiger partial charge is 0.231 e. The zero-order chi connectivity index (χ0) is 15.9. The van der Waals surface area contributed by atoms with Gasteiger partial charge in [-0.25, -0.2) is 0 Å². The number of hydrogen-bond acceptors (Lipinski definition) is 4. The maximum absolute atomic E-state index is 5.48. The highest BCUT2D eigenvalue weighted by Gasteiger charge is 2.39. The molecule has 2 aromatic rings. The van der Waals surface area contributed by atoms with Crippen molar-refractivity contribution in [2.45, 2.75) is 43.8 Å². The number of anilines is 1. The molecule has 0 saturated heterocycles. The first-order valence-electron chi connectivity index (χ1n) is 8.86. The molecule has 124 valence electrons. The molecule has 4 nitrogen and oxygen atoms in total. The van der Waals surface area contributed by atoms with Crippen LogP contribution in [0.15, 0.2) is 42.5 Å². The van der Waals surface area contributed by atoms with Gasteiger partial charge in [0.1, 0.15) is 0 Å². The number of rotatable bonds is 3. The fraction of sp³-hybridized carbons (Fsp3) is 0.400. The first kappa shape index (κ1) is 14.2. The zero-order valence-electron chi connectivity index (χ0n) is 13.6. The minimum absolute atomic E-state index is 0.334. The van der Waals surface area contributed by atoms with Gasteiger partial charge in [-0.3, -0.25) is 0 Å². The molecule has 3 aliphatic rings. The van der Waals surface area contributed by atoms with Gasteiger partial charge in [0.15, 0.2) is 11.5 Å². The van der Waals surface area contributed by atoms with Crippen LogP contribution in [0.4, 0.5) is 5.69 Å². The summed E-state index contributed by atoms with van der Waals surface area (Å²) in [4.78, 5) is 0. The molecule has 0 spiro atoms. The Kier molecular flexibility index (Phi) is 3.37. The fourth-order valence-electron chi connectivity index (χ4n) is 4.41. The van der Waals surface area contributed by atoms with E-state index in [2.05, 4.69) is 47.0 Å². The topological polar surface area (TPSA) is 42.5 Å². The minimum Gasteiger partial charge on any atom is -0.454 e. The number of nitrogens with one attached hydrogen (secondary N) is 2. The standard InChI is InChI=1S/C20H22N2O2/c1-2-6-16-14(4-1)15-5-3-7-17(20(15)22-16)21-11-13-8-9-18-19(10-13)24-12-23-18/h1-2,4,6,8-10,15,17,20-22H,3,5,7,11-12H2. The summed E-state index contributed by atoms with van der Waals surface area (Å²) in [6.07, 6.45) is 3.81. The number of hydrogen-bond donors (Lipinski definition) is 2. The Labute approximate surface area is 142 Å². The lowest BCUT2D eigenvalue weighted by molar-refractivity contribution is 0.174. The molecule has 0 bridgehead atoms. The maximum Gasteiger partial charge on any atom is 0.231 e. The number of benzene rings is 2. The Morgan fingerprint density at radius 3 is 2.96 bits per heavy atom. The molecule has 24 heavy (non-hydrogen) atoms. The van der Waals surface area contributed by atoms with E-state index in [0.29, 0.717) is 24.8 Å². The van der Waals surface area contributed by atoms with Gasteiger partial charge >= 0.3 is 0 Å². The third-order valence-corrected chi connectivity index (χ3v) is 5.59. The van der Waals surface area contributed by atoms with Gasteiger partial charge in [0.05, 0.1) is 0 Å². The fourth-order valence-corrected chi connectivity index (χ4v) is 4.41. The quantitative estimate of drug-likeness (QED) is 0.905. The highest BCUT2D eigenvalue weighted by Crippen LogP contribution is 2.43. The van der Waals surface area contributed by atoms with Crippen LogP contribution >= 0.6 is 0 Å². The van der Waals surface area contributed by atoms with Crippen LogP contribution in [0.2, 0.25) is 0 Å². The third-order valence-electron chi connectivity index (χ3n) is 5.59. The molecule has 2 heterocycles. The van der Waals surface area contributed by atoms with Crippen molar-refractivity contribution in [1.29, 1.82) is 0 Å². The van der Waals surface area contributed by atoms with Crippen LogP contribution in [0.5, 0.6) is 11.5 Å². The van der Waals surface area contributed by atoms with Crippen LogP contribution in [0, 0.1) is 0 Å². The lowest BCUT2D eigenvalue weighted by Crippen LogP contribution is -2.47. The van der Waals surface area contributed by atoms with Crippen molar-refractivity contribution < 1.29 is 9.47 Å². The summed E-state index contributed by atoms with van der Waals surface area (Å²) in [5.74, 6) is 2.36. The molecule has 1 fully saturated rings. The molecule has 3 atom stereocenters. The van der Waals surface area contributed by atoms with E-state index in [0.717, 1.165) is 18.0 Å². The van der Waals surface area contributed by atoms with Gasteiger partial charge in [-0.2, -0.15) is 0 Å². The molecule has 0 amide bonds. The molecule has 1 aliphatic carbocycles. The van der Waals surface area contributed by atoms with Crippen molar-refractivity contribution in [3.63, 3.8) is 0 Å². The summed E-state index contributed by atoms with van der Waals surface area (Å²) in [5.41, 5.74) is 4.07. The van der Waals surface area contributed by atoms with E-state index >= 15 is 0 Å². The molecule has 0 aromatic heterocycles. The van der Waals surface area contributed by atoms with Crippen LogP contribution in [0.3, 0.4) is 0 Å². The molecule has 4 heteroatoms. The van der Waals surface area contributed by atoms with Gasteiger partial charge in [0, 0.05) is 30.2 Å². The van der Waals surface area contributed by atoms with Gasteiger partial charge in [-0.15, -0.1) is 0 Å². The second-order valence-corrected chi connectivity index (χ2v) is 6.97. The summed E-state index contributed by atoms with van der Waals surface area (Å²) >= 11 is 0. The summed E-state index contributed by atoms with van der Waals surface area (Å²) in [6.45, 7) is 1.20. The maximum atomic E-state index is 5.48. The van der Waals surface area contributed by atoms with Gasteiger partial charge in [0.2, 0.25) is 6.79 Å². The van der Waals surface area contributed by atoms with Gasteiger partial charge in [-0.1, -0.05) is 30.7 Å². The van der Waals surface area contributed by atoms with Crippen LogP contribution < -0.4 is 20.1 Å². The summed E-state index contributed by atoms with van der Waals surface area (Å²) in [6, 6.07) is 16.0. The van der Waals surface area contributed by atoms with E-state index in [1.165, 1.54) is 36.1 Å². The van der Waals surface area contributed by atoms with Crippen LogP contribution in [0.1, 0.15) is 36.3 Å². The highest BCUT2D eigenvalue weighted by molar-refractivity contribution is 5.60. The Balaban J connectivity index is 1.30. The number of para-hydroxylation sites is 1. The Bertz CT molecular complexity index is 761. The SMILES string of the molecule is c1ccc2c(c1)NC1C(NCc3ccc4c(c3)OCO4)CCCC21. The zero-order valence-corrected chi connectivity index (χ0v) is 13.6. The molecule has 5 rings (SSSR count). The molecule has 0 radical (unpaired) electrons. The molecule has 2 N–H and O–H groups in total. The predicted molar refractivity (Wildman–Crippen MR) is 93.6 cm³/mol.